The number of methoxy groups -OCH3 is 3. The van der Waals surface area contributed by atoms with E-state index in [-0.39, 0.29) is 22.8 Å². The molecule has 37 heavy (non-hydrogen) atoms. The standard InChI is InChI=1S/C27H31N3O6S/c1-5-24(26(32)29-12-14-36-15-13-29)37-27-28-21(16-18-6-11-22(34-3)23(17-18)35-4)25(31)30(27)19-7-9-20(33-2)10-8-19/h6-11,16-17,24H,5,12-15H2,1-4H3/b21-16-/t24-/m0/s1. The maximum atomic E-state index is 13.6. The van der Waals surface area contributed by atoms with E-state index in [1.165, 1.54) is 11.8 Å². The van der Waals surface area contributed by atoms with Gasteiger partial charge in [0.15, 0.2) is 16.7 Å². The van der Waals surface area contributed by atoms with Crippen LogP contribution in [0.4, 0.5) is 5.69 Å². The number of thioether (sulfide) groups is 1. The highest BCUT2D eigenvalue weighted by molar-refractivity contribution is 8.15. The molecule has 4 rings (SSSR count). The van der Waals surface area contributed by atoms with E-state index < -0.39 is 0 Å². The number of amides is 2. The number of nitrogens with zero attached hydrogens (tertiary/aromatic N) is 3. The maximum Gasteiger partial charge on any atom is 0.283 e. The van der Waals surface area contributed by atoms with Crippen molar-refractivity contribution in [2.75, 3.05) is 52.5 Å². The second-order valence-corrected chi connectivity index (χ2v) is 9.50. The van der Waals surface area contributed by atoms with Crippen molar-refractivity contribution in [2.24, 2.45) is 4.99 Å². The lowest BCUT2D eigenvalue weighted by atomic mass is 10.1. The number of benzene rings is 2. The summed E-state index contributed by atoms with van der Waals surface area (Å²) in [5.41, 5.74) is 1.64. The van der Waals surface area contributed by atoms with Crippen molar-refractivity contribution in [3.8, 4) is 17.2 Å². The zero-order valence-electron chi connectivity index (χ0n) is 21.4. The number of carbonyl (C=O) groups excluding carboxylic acids is 2. The fourth-order valence-electron chi connectivity index (χ4n) is 4.06. The fourth-order valence-corrected chi connectivity index (χ4v) is 5.17. The Morgan fingerprint density at radius 3 is 2.38 bits per heavy atom. The first-order valence-electron chi connectivity index (χ1n) is 12.0. The van der Waals surface area contributed by atoms with Crippen molar-refractivity contribution in [1.82, 2.24) is 4.90 Å². The van der Waals surface area contributed by atoms with Gasteiger partial charge >= 0.3 is 0 Å². The molecule has 0 N–H and O–H groups in total. The molecule has 1 saturated heterocycles. The van der Waals surface area contributed by atoms with Gasteiger partial charge in [-0.1, -0.05) is 24.8 Å². The first kappa shape index (κ1) is 26.6. The van der Waals surface area contributed by atoms with Crippen LogP contribution < -0.4 is 19.1 Å². The zero-order valence-corrected chi connectivity index (χ0v) is 22.2. The van der Waals surface area contributed by atoms with Crippen LogP contribution in [0.15, 0.2) is 53.2 Å². The Labute approximate surface area is 221 Å². The van der Waals surface area contributed by atoms with Crippen LogP contribution in [0.1, 0.15) is 18.9 Å². The van der Waals surface area contributed by atoms with Crippen LogP contribution >= 0.6 is 11.8 Å². The largest absolute Gasteiger partial charge is 0.497 e. The summed E-state index contributed by atoms with van der Waals surface area (Å²) in [5, 5.41) is 0.0705. The van der Waals surface area contributed by atoms with Crippen LogP contribution in [0.3, 0.4) is 0 Å². The van der Waals surface area contributed by atoms with Gasteiger partial charge in [0.2, 0.25) is 5.91 Å². The lowest BCUT2D eigenvalue weighted by Crippen LogP contribution is -2.45. The van der Waals surface area contributed by atoms with Crippen molar-refractivity contribution in [3.63, 3.8) is 0 Å². The van der Waals surface area contributed by atoms with E-state index in [1.54, 1.807) is 68.7 Å². The Morgan fingerprint density at radius 2 is 1.76 bits per heavy atom. The first-order valence-corrected chi connectivity index (χ1v) is 12.9. The predicted molar refractivity (Wildman–Crippen MR) is 145 cm³/mol. The molecule has 0 unspecified atom stereocenters. The van der Waals surface area contributed by atoms with E-state index in [0.29, 0.717) is 60.8 Å². The minimum Gasteiger partial charge on any atom is -0.497 e. The Balaban J connectivity index is 1.68. The van der Waals surface area contributed by atoms with E-state index in [1.807, 2.05) is 17.9 Å². The Bertz CT molecular complexity index is 1190. The maximum absolute atomic E-state index is 13.6. The average molecular weight is 526 g/mol. The van der Waals surface area contributed by atoms with E-state index in [2.05, 4.69) is 0 Å². The quantitative estimate of drug-likeness (QED) is 0.484. The van der Waals surface area contributed by atoms with Crippen LogP contribution in [-0.2, 0) is 14.3 Å². The normalized spacial score (nSPS) is 17.6. The van der Waals surface area contributed by atoms with Gasteiger partial charge in [-0.3, -0.25) is 14.5 Å². The van der Waals surface area contributed by atoms with E-state index in [9.17, 15) is 9.59 Å². The summed E-state index contributed by atoms with van der Waals surface area (Å²) in [6, 6.07) is 12.6. The summed E-state index contributed by atoms with van der Waals surface area (Å²) in [7, 11) is 4.72. The summed E-state index contributed by atoms with van der Waals surface area (Å²) >= 11 is 1.31. The molecule has 2 heterocycles. The molecular weight excluding hydrogens is 494 g/mol. The third kappa shape index (κ3) is 5.91. The van der Waals surface area contributed by atoms with Gasteiger partial charge in [-0.15, -0.1) is 0 Å². The number of ether oxygens (including phenoxy) is 4. The molecule has 1 fully saturated rings. The minimum atomic E-state index is -0.383. The number of hydrogen-bond acceptors (Lipinski definition) is 8. The minimum absolute atomic E-state index is 0.0259. The molecule has 0 radical (unpaired) electrons. The van der Waals surface area contributed by atoms with Crippen molar-refractivity contribution >= 4 is 40.5 Å². The number of aliphatic imine (C=N–C) groups is 1. The highest BCUT2D eigenvalue weighted by Gasteiger charge is 2.36. The molecule has 0 saturated carbocycles. The molecule has 196 valence electrons. The van der Waals surface area contributed by atoms with Crippen LogP contribution in [0.5, 0.6) is 17.2 Å². The molecular formula is C27H31N3O6S. The first-order chi connectivity index (χ1) is 18.0. The molecule has 0 bridgehead atoms. The topological polar surface area (TPSA) is 89.9 Å². The molecule has 0 aromatic heterocycles. The molecule has 0 aliphatic carbocycles. The highest BCUT2D eigenvalue weighted by atomic mass is 32.2. The van der Waals surface area contributed by atoms with Crippen LogP contribution in [-0.4, -0.2) is 74.8 Å². The second-order valence-electron chi connectivity index (χ2n) is 8.33. The van der Waals surface area contributed by atoms with Crippen molar-refractivity contribution < 1.29 is 28.5 Å². The number of amidine groups is 1. The SMILES string of the molecule is CC[C@H](SC1=N/C(=C\c2ccc(OC)c(OC)c2)C(=O)N1c1ccc(OC)cc1)C(=O)N1CCOCC1. The van der Waals surface area contributed by atoms with Crippen LogP contribution in [0, 0.1) is 0 Å². The third-order valence-corrected chi connectivity index (χ3v) is 7.39. The zero-order chi connectivity index (χ0) is 26.4. The smallest absolute Gasteiger partial charge is 0.283 e. The summed E-state index contributed by atoms with van der Waals surface area (Å²) in [6.45, 7) is 4.15. The molecule has 2 aliphatic heterocycles. The number of carbonyl (C=O) groups is 2. The fraction of sp³-hybridized carbons (Fsp3) is 0.370. The van der Waals surface area contributed by atoms with Crippen molar-refractivity contribution in [3.05, 3.63) is 53.7 Å². The average Bonchev–Trinajstić information content (AvgIpc) is 3.25. The molecule has 2 aromatic rings. The third-order valence-electron chi connectivity index (χ3n) is 6.09. The second kappa shape index (κ2) is 12.2. The summed E-state index contributed by atoms with van der Waals surface area (Å²) in [6.07, 6.45) is 2.30. The summed E-state index contributed by atoms with van der Waals surface area (Å²) < 4.78 is 21.4. The van der Waals surface area contributed by atoms with E-state index in [0.717, 1.165) is 5.56 Å². The predicted octanol–water partition coefficient (Wildman–Crippen LogP) is 3.83. The molecule has 10 heteroatoms. The van der Waals surface area contributed by atoms with Gasteiger partial charge in [0.05, 0.1) is 45.5 Å². The van der Waals surface area contributed by atoms with Crippen LogP contribution in [0.2, 0.25) is 0 Å². The molecule has 1 atom stereocenters. The lowest BCUT2D eigenvalue weighted by Gasteiger charge is -2.30. The molecule has 0 spiro atoms. The monoisotopic (exact) mass is 525 g/mol. The Kier molecular flexibility index (Phi) is 8.73. The molecule has 9 nitrogen and oxygen atoms in total. The summed E-state index contributed by atoms with van der Waals surface area (Å²) in [5.74, 6) is 1.56. The number of rotatable bonds is 8. The Morgan fingerprint density at radius 1 is 1.05 bits per heavy atom. The van der Waals surface area contributed by atoms with E-state index in [4.69, 9.17) is 23.9 Å². The van der Waals surface area contributed by atoms with Gasteiger partial charge in [-0.2, -0.15) is 0 Å². The number of anilines is 1. The summed E-state index contributed by atoms with van der Waals surface area (Å²) in [4.78, 5) is 35.0. The Hall–Kier alpha value is -3.50. The van der Waals surface area contributed by atoms with Gasteiger partial charge in [0.25, 0.3) is 5.91 Å². The van der Waals surface area contributed by atoms with Gasteiger partial charge in [-0.05, 0) is 54.5 Å². The van der Waals surface area contributed by atoms with Gasteiger partial charge in [-0.25, -0.2) is 4.99 Å². The highest BCUT2D eigenvalue weighted by Crippen LogP contribution is 2.34. The van der Waals surface area contributed by atoms with Crippen molar-refractivity contribution in [2.45, 2.75) is 18.6 Å². The van der Waals surface area contributed by atoms with Gasteiger partial charge < -0.3 is 23.8 Å². The lowest BCUT2D eigenvalue weighted by molar-refractivity contribution is -0.134. The van der Waals surface area contributed by atoms with Crippen molar-refractivity contribution in [1.29, 1.82) is 0 Å². The number of morpholine rings is 1. The molecule has 2 amide bonds. The number of hydrogen-bond donors (Lipinski definition) is 0. The van der Waals surface area contributed by atoms with E-state index >= 15 is 0 Å². The van der Waals surface area contributed by atoms with Crippen LogP contribution in [0.25, 0.3) is 6.08 Å². The van der Waals surface area contributed by atoms with Gasteiger partial charge in [0.1, 0.15) is 11.4 Å². The molecule has 2 aromatic carbocycles. The van der Waals surface area contributed by atoms with Gasteiger partial charge in [0, 0.05) is 13.1 Å². The molecule has 2 aliphatic rings.